The molecule has 0 aromatic carbocycles. The Hall–Kier alpha value is -1.03. The second-order valence-electron chi connectivity index (χ2n) is 21.1. The molecule has 1 aliphatic carbocycles. The second-order valence-corrected chi connectivity index (χ2v) is 21.1. The third-order valence-electron chi connectivity index (χ3n) is 13.5. The molecule has 5 heterocycles. The molecule has 1 atom stereocenters. The minimum Gasteiger partial charge on any atom is -0.335 e. The third-order valence-corrected chi connectivity index (χ3v) is 13.5. The number of unbranched alkanes of at least 4 members (excludes halogenated alkanes) is 1. The molecule has 0 bridgehead atoms. The maximum atomic E-state index is 3.91. The van der Waals surface area contributed by atoms with Crippen LogP contribution in [-0.4, -0.2) is 157 Å². The van der Waals surface area contributed by atoms with Crippen LogP contribution in [0.25, 0.3) is 0 Å². The largest absolute Gasteiger partial charge is 0.335 e. The number of piperidine rings is 1. The SMILES string of the molecule is C.C.C.CC(C)C1CCCC1.CC(C)C1CCN(C)CC1.CC(C)CN1CCN(C)CC1.CC(C)n1ccnc1.CC1CCN(C(C)C)C1.CCCCN1CCN(C(C)C)CC1. The lowest BCUT2D eigenvalue weighted by atomic mass is 9.87. The van der Waals surface area contributed by atoms with Crippen LogP contribution in [0.1, 0.15) is 183 Å². The number of imidazole rings is 1. The molecule has 1 unspecified atom stereocenters. The minimum absolute atomic E-state index is 0. The molecule has 62 heavy (non-hydrogen) atoms. The summed E-state index contributed by atoms with van der Waals surface area (Å²) in [6.07, 6.45) is 18.5. The maximum Gasteiger partial charge on any atom is 0.0948 e. The van der Waals surface area contributed by atoms with E-state index in [1.165, 1.54) is 149 Å². The van der Waals surface area contributed by atoms with Gasteiger partial charge in [0.2, 0.25) is 0 Å². The Balaban J connectivity index is -0.000000672. The van der Waals surface area contributed by atoms with E-state index in [9.17, 15) is 0 Å². The molecule has 4 saturated heterocycles. The van der Waals surface area contributed by atoms with Crippen LogP contribution < -0.4 is 0 Å². The molecule has 0 N–H and O–H groups in total. The van der Waals surface area contributed by atoms with Crippen LogP contribution in [0.15, 0.2) is 18.7 Å². The summed E-state index contributed by atoms with van der Waals surface area (Å²) in [6, 6.07) is 2.03. The van der Waals surface area contributed by atoms with Crippen LogP contribution in [0, 0.1) is 35.5 Å². The number of rotatable bonds is 10. The van der Waals surface area contributed by atoms with Gasteiger partial charge in [-0.15, -0.1) is 0 Å². The van der Waals surface area contributed by atoms with E-state index in [-0.39, 0.29) is 22.3 Å². The maximum absolute atomic E-state index is 3.91. The first kappa shape index (κ1) is 65.2. The summed E-state index contributed by atoms with van der Waals surface area (Å²) in [4.78, 5) is 19.0. The topological polar surface area (TPSA) is 37.3 Å². The van der Waals surface area contributed by atoms with Gasteiger partial charge in [0.15, 0.2) is 0 Å². The fourth-order valence-corrected chi connectivity index (χ4v) is 8.76. The summed E-state index contributed by atoms with van der Waals surface area (Å²) in [5.74, 6) is 5.66. The van der Waals surface area contributed by atoms with Gasteiger partial charge in [-0.25, -0.2) is 4.98 Å². The average Bonchev–Trinajstić information content (AvgIpc) is 4.01. The molecule has 0 radical (unpaired) electrons. The van der Waals surface area contributed by atoms with E-state index in [2.05, 4.69) is 150 Å². The van der Waals surface area contributed by atoms with E-state index in [0.29, 0.717) is 6.04 Å². The van der Waals surface area contributed by atoms with Gasteiger partial charge >= 0.3 is 0 Å². The predicted molar refractivity (Wildman–Crippen MR) is 282 cm³/mol. The summed E-state index contributed by atoms with van der Waals surface area (Å²) in [5, 5.41) is 0. The fraction of sp³-hybridized carbons (Fsp3) is 0.944. The van der Waals surface area contributed by atoms with Gasteiger partial charge < -0.3 is 29.1 Å². The van der Waals surface area contributed by atoms with Crippen LogP contribution in [0.5, 0.6) is 0 Å². The number of likely N-dealkylation sites (N-methyl/N-ethyl adjacent to an activating group) is 1. The Labute approximate surface area is 392 Å². The Morgan fingerprint density at radius 3 is 1.37 bits per heavy atom. The molecule has 374 valence electrons. The molecule has 4 aliphatic heterocycles. The van der Waals surface area contributed by atoms with E-state index in [1.807, 2.05) is 12.5 Å². The molecule has 5 aliphatic rings. The van der Waals surface area contributed by atoms with Gasteiger partial charge in [0.05, 0.1) is 6.33 Å². The second kappa shape index (κ2) is 38.1. The fourth-order valence-electron chi connectivity index (χ4n) is 8.76. The first-order valence-corrected chi connectivity index (χ1v) is 25.2. The first-order valence-electron chi connectivity index (χ1n) is 25.2. The van der Waals surface area contributed by atoms with Crippen molar-refractivity contribution in [3.63, 3.8) is 0 Å². The van der Waals surface area contributed by atoms with Crippen molar-refractivity contribution in [1.29, 1.82) is 0 Å². The Morgan fingerprint density at radius 1 is 0.548 bits per heavy atom. The normalized spacial score (nSPS) is 21.0. The van der Waals surface area contributed by atoms with Crippen molar-refractivity contribution in [2.75, 3.05) is 106 Å². The van der Waals surface area contributed by atoms with E-state index >= 15 is 0 Å². The number of hydrogen-bond donors (Lipinski definition) is 0. The van der Waals surface area contributed by atoms with Crippen molar-refractivity contribution in [2.45, 2.75) is 195 Å². The zero-order valence-corrected chi connectivity index (χ0v) is 42.8. The number of piperazine rings is 2. The van der Waals surface area contributed by atoms with Crippen LogP contribution >= 0.6 is 0 Å². The van der Waals surface area contributed by atoms with Crippen LogP contribution in [0.3, 0.4) is 0 Å². The average molecular weight is 880 g/mol. The quantitative estimate of drug-likeness (QED) is 0.232. The highest BCUT2D eigenvalue weighted by molar-refractivity contribution is 4.77. The molecule has 6 rings (SSSR count). The highest BCUT2D eigenvalue weighted by Crippen LogP contribution is 2.30. The smallest absolute Gasteiger partial charge is 0.0948 e. The van der Waals surface area contributed by atoms with Gasteiger partial charge in [-0.05, 0) is 143 Å². The molecule has 1 aromatic heterocycles. The number of nitrogens with zero attached hydrogens (tertiary/aromatic N) is 8. The molecule has 1 aromatic rings. The molecular weight excluding hydrogens is 761 g/mol. The third kappa shape index (κ3) is 31.0. The molecule has 8 heteroatoms. The standard InChI is InChI=1S/C11H24N2.C9H20N2.C9H19N.C8H17N.C8H16.C6H10N2.3CH4/c1-4-5-6-12-7-9-13(10-8-12)11(2)3;1-9(2)8-11-6-4-10(3)5-7-11;1-8(2)9-4-6-10(3)7-5-9;1-7(2)9-5-4-8(3)6-9;1-7(2)8-5-3-4-6-8;1-6(2)8-4-3-7-5-8;;;/h11H,4-10H2,1-3H3;9H,4-8H2,1-3H3;8-9H,4-7H2,1-3H3;7-8H,4-6H2,1-3H3;7-8H,3-6H2,1-2H3;3-6H,1-2H3;3*1H4. The van der Waals surface area contributed by atoms with E-state index in [4.69, 9.17) is 0 Å². The van der Waals surface area contributed by atoms with Crippen molar-refractivity contribution in [3.8, 4) is 0 Å². The summed E-state index contributed by atoms with van der Waals surface area (Å²) < 4.78 is 2.06. The molecule has 5 fully saturated rings. The number of aromatic nitrogens is 2. The van der Waals surface area contributed by atoms with Gasteiger partial charge in [-0.3, -0.25) is 4.90 Å². The Bertz CT molecular complexity index is 1040. The summed E-state index contributed by atoms with van der Waals surface area (Å²) in [6.45, 7) is 49.9. The van der Waals surface area contributed by atoms with Gasteiger partial charge in [-0.2, -0.15) is 0 Å². The highest BCUT2D eigenvalue weighted by atomic mass is 15.3. The zero-order chi connectivity index (χ0) is 44.3. The van der Waals surface area contributed by atoms with Crippen LogP contribution in [0.4, 0.5) is 0 Å². The highest BCUT2D eigenvalue weighted by Gasteiger charge is 2.21. The van der Waals surface area contributed by atoms with Crippen molar-refractivity contribution < 1.29 is 0 Å². The van der Waals surface area contributed by atoms with Gasteiger partial charge in [0, 0.05) is 96.0 Å². The number of likely N-dealkylation sites (tertiary alicyclic amines) is 2. The zero-order valence-electron chi connectivity index (χ0n) is 42.8. The Kier molecular flexibility index (Phi) is 40.1. The molecular formula is C54H118N8. The number of hydrogen-bond acceptors (Lipinski definition) is 7. The molecule has 8 nitrogen and oxygen atoms in total. The van der Waals surface area contributed by atoms with E-state index in [1.54, 1.807) is 6.20 Å². The predicted octanol–water partition coefficient (Wildman–Crippen LogP) is 12.6. The van der Waals surface area contributed by atoms with E-state index in [0.717, 1.165) is 47.6 Å². The molecule has 0 spiro atoms. The molecule has 0 amide bonds. The first-order chi connectivity index (χ1) is 27.9. The van der Waals surface area contributed by atoms with Crippen molar-refractivity contribution in [1.82, 2.24) is 39.0 Å². The monoisotopic (exact) mass is 879 g/mol. The van der Waals surface area contributed by atoms with Crippen LogP contribution in [-0.2, 0) is 0 Å². The van der Waals surface area contributed by atoms with Crippen molar-refractivity contribution >= 4 is 0 Å². The van der Waals surface area contributed by atoms with Gasteiger partial charge in [0.1, 0.15) is 0 Å². The van der Waals surface area contributed by atoms with Gasteiger partial charge in [0.25, 0.3) is 0 Å². The van der Waals surface area contributed by atoms with Crippen LogP contribution in [0.2, 0.25) is 0 Å². The lowest BCUT2D eigenvalue weighted by Gasteiger charge is -2.36. The summed E-state index contributed by atoms with van der Waals surface area (Å²) >= 11 is 0. The van der Waals surface area contributed by atoms with E-state index < -0.39 is 0 Å². The Morgan fingerprint density at radius 2 is 1.03 bits per heavy atom. The van der Waals surface area contributed by atoms with Crippen molar-refractivity contribution in [3.05, 3.63) is 18.7 Å². The lowest BCUT2D eigenvalue weighted by Crippen LogP contribution is -2.48. The summed E-state index contributed by atoms with van der Waals surface area (Å²) in [5.41, 5.74) is 0. The van der Waals surface area contributed by atoms with Gasteiger partial charge in [-0.1, -0.05) is 110 Å². The summed E-state index contributed by atoms with van der Waals surface area (Å²) in [7, 11) is 4.42. The molecule has 1 saturated carbocycles. The minimum atomic E-state index is 0. The lowest BCUT2D eigenvalue weighted by molar-refractivity contribution is 0.108. The van der Waals surface area contributed by atoms with Crippen molar-refractivity contribution in [2.24, 2.45) is 35.5 Å².